The molecule has 0 unspecified atom stereocenters. The van der Waals surface area contributed by atoms with Gasteiger partial charge in [-0.1, -0.05) is 19.1 Å². The van der Waals surface area contributed by atoms with Gasteiger partial charge in [0.25, 0.3) is 0 Å². The first-order chi connectivity index (χ1) is 10.2. The maximum Gasteiger partial charge on any atom is 0.232 e. The number of para-hydroxylation sites is 1. The lowest BCUT2D eigenvalue weighted by Crippen LogP contribution is -1.98. The third kappa shape index (κ3) is 2.96. The zero-order valence-corrected chi connectivity index (χ0v) is 14.7. The van der Waals surface area contributed by atoms with Gasteiger partial charge in [-0.2, -0.15) is 4.98 Å². The highest BCUT2D eigenvalue weighted by atomic mass is 127. The Hall–Kier alpha value is -1.41. The second kappa shape index (κ2) is 6.15. The van der Waals surface area contributed by atoms with Gasteiger partial charge in [0.15, 0.2) is 0 Å². The fourth-order valence-corrected chi connectivity index (χ4v) is 3.40. The van der Waals surface area contributed by atoms with Crippen molar-refractivity contribution in [3.63, 3.8) is 0 Å². The number of nitrogens with zero attached hydrogens (tertiary/aromatic N) is 2. The van der Waals surface area contributed by atoms with Gasteiger partial charge in [-0.15, -0.1) is 11.3 Å². The molecule has 108 valence electrons. The summed E-state index contributed by atoms with van der Waals surface area (Å²) in [5.74, 6) is 1.99. The van der Waals surface area contributed by atoms with Crippen LogP contribution in [0.3, 0.4) is 0 Å². The molecule has 1 aromatic carbocycles. The molecule has 1 N–H and O–H groups in total. The summed E-state index contributed by atoms with van der Waals surface area (Å²) < 4.78 is 7.09. The van der Waals surface area contributed by atoms with Crippen molar-refractivity contribution in [1.82, 2.24) is 9.97 Å². The minimum Gasteiger partial charge on any atom is -0.437 e. The Morgan fingerprint density at radius 2 is 2.10 bits per heavy atom. The molecule has 6 heteroatoms. The van der Waals surface area contributed by atoms with Crippen LogP contribution in [-0.4, -0.2) is 17.0 Å². The van der Waals surface area contributed by atoms with E-state index in [9.17, 15) is 0 Å². The van der Waals surface area contributed by atoms with Gasteiger partial charge in [0.1, 0.15) is 10.6 Å². The summed E-state index contributed by atoms with van der Waals surface area (Å²) in [6, 6.07) is 10.0. The fourth-order valence-electron chi connectivity index (χ4n) is 1.94. The Balaban J connectivity index is 2.11. The van der Waals surface area contributed by atoms with Gasteiger partial charge in [0.05, 0.1) is 8.96 Å². The van der Waals surface area contributed by atoms with Gasteiger partial charge in [0.2, 0.25) is 11.8 Å². The standard InChI is InChI=1S/C15H14IN3OS/c1-3-9-8-10-13(18-15(17-2)19-14(10)21-9)20-12-7-5-4-6-11(12)16/h4-8H,3H2,1-2H3,(H,17,18,19). The van der Waals surface area contributed by atoms with Gasteiger partial charge < -0.3 is 10.1 Å². The van der Waals surface area contributed by atoms with Crippen LogP contribution < -0.4 is 10.1 Å². The van der Waals surface area contributed by atoms with E-state index in [0.29, 0.717) is 11.8 Å². The Bertz CT molecular complexity index is 788. The number of nitrogens with one attached hydrogen (secondary N) is 1. The molecule has 3 aromatic rings. The normalized spacial score (nSPS) is 10.8. The van der Waals surface area contributed by atoms with E-state index in [1.165, 1.54) is 4.88 Å². The van der Waals surface area contributed by atoms with Crippen LogP contribution in [-0.2, 0) is 6.42 Å². The third-order valence-electron chi connectivity index (χ3n) is 3.02. The first-order valence-corrected chi connectivity index (χ1v) is 8.51. The van der Waals surface area contributed by atoms with Gasteiger partial charge in [-0.25, -0.2) is 4.98 Å². The second-order valence-electron chi connectivity index (χ2n) is 4.42. The highest BCUT2D eigenvalue weighted by molar-refractivity contribution is 14.1. The number of hydrogen-bond donors (Lipinski definition) is 1. The van der Waals surface area contributed by atoms with E-state index >= 15 is 0 Å². The van der Waals surface area contributed by atoms with Gasteiger partial charge >= 0.3 is 0 Å². The number of halogens is 1. The summed E-state index contributed by atoms with van der Waals surface area (Å²) in [6.07, 6.45) is 0.984. The molecule has 0 aliphatic carbocycles. The molecular formula is C15H14IN3OS. The van der Waals surface area contributed by atoms with Crippen LogP contribution in [0.2, 0.25) is 0 Å². The maximum absolute atomic E-state index is 6.03. The summed E-state index contributed by atoms with van der Waals surface area (Å²) >= 11 is 3.94. The number of aromatic nitrogens is 2. The quantitative estimate of drug-likeness (QED) is 0.633. The minimum atomic E-state index is 0.577. The number of hydrogen-bond acceptors (Lipinski definition) is 5. The molecule has 3 rings (SSSR count). The molecular weight excluding hydrogens is 397 g/mol. The van der Waals surface area contributed by atoms with Crippen molar-refractivity contribution in [3.05, 3.63) is 38.8 Å². The van der Waals surface area contributed by atoms with E-state index in [1.807, 2.05) is 31.3 Å². The van der Waals surface area contributed by atoms with Crippen molar-refractivity contribution >= 4 is 50.1 Å². The first-order valence-electron chi connectivity index (χ1n) is 6.62. The molecule has 0 radical (unpaired) electrons. The SMILES string of the molecule is CCc1cc2c(Oc3ccccc3I)nc(NC)nc2s1. The molecule has 0 fully saturated rings. The number of fused-ring (bicyclic) bond motifs is 1. The molecule has 0 saturated carbocycles. The van der Waals surface area contributed by atoms with Crippen molar-refractivity contribution in [1.29, 1.82) is 0 Å². The van der Waals surface area contributed by atoms with E-state index in [0.717, 1.165) is 26.0 Å². The highest BCUT2D eigenvalue weighted by Crippen LogP contribution is 2.35. The third-order valence-corrected chi connectivity index (χ3v) is 5.09. The monoisotopic (exact) mass is 411 g/mol. The van der Waals surface area contributed by atoms with Gasteiger partial charge in [0, 0.05) is 11.9 Å². The Morgan fingerprint density at radius 3 is 2.81 bits per heavy atom. The van der Waals surface area contributed by atoms with E-state index in [4.69, 9.17) is 4.74 Å². The predicted octanol–water partition coefficient (Wildman–Crippen LogP) is 4.69. The van der Waals surface area contributed by atoms with Crippen molar-refractivity contribution in [2.75, 3.05) is 12.4 Å². The predicted molar refractivity (Wildman–Crippen MR) is 95.6 cm³/mol. The van der Waals surface area contributed by atoms with Crippen LogP contribution in [0.15, 0.2) is 30.3 Å². The summed E-state index contributed by atoms with van der Waals surface area (Å²) in [5, 5.41) is 3.96. The first kappa shape index (κ1) is 14.5. The number of ether oxygens (including phenoxy) is 1. The van der Waals surface area contributed by atoms with Crippen LogP contribution in [0.25, 0.3) is 10.2 Å². The van der Waals surface area contributed by atoms with Crippen molar-refractivity contribution in [3.8, 4) is 11.6 Å². The molecule has 0 bridgehead atoms. The Labute approximate surface area is 140 Å². The van der Waals surface area contributed by atoms with Crippen LogP contribution in [0.1, 0.15) is 11.8 Å². The molecule has 4 nitrogen and oxygen atoms in total. The Kier molecular flexibility index (Phi) is 4.25. The molecule has 2 heterocycles. The van der Waals surface area contributed by atoms with Crippen LogP contribution in [0.5, 0.6) is 11.6 Å². The van der Waals surface area contributed by atoms with Gasteiger partial charge in [-0.3, -0.25) is 0 Å². The molecule has 0 aliphatic rings. The minimum absolute atomic E-state index is 0.577. The molecule has 0 atom stereocenters. The molecule has 21 heavy (non-hydrogen) atoms. The maximum atomic E-state index is 6.03. The fraction of sp³-hybridized carbons (Fsp3) is 0.200. The summed E-state index contributed by atoms with van der Waals surface area (Å²) in [6.45, 7) is 2.14. The molecule has 0 aliphatic heterocycles. The van der Waals surface area contributed by atoms with E-state index in [1.54, 1.807) is 11.3 Å². The van der Waals surface area contributed by atoms with Crippen molar-refractivity contribution in [2.24, 2.45) is 0 Å². The zero-order chi connectivity index (χ0) is 14.8. The topological polar surface area (TPSA) is 47.0 Å². The number of benzene rings is 1. The van der Waals surface area contributed by atoms with E-state index < -0.39 is 0 Å². The number of aryl methyl sites for hydroxylation is 1. The average Bonchev–Trinajstić information content (AvgIpc) is 2.92. The second-order valence-corrected chi connectivity index (χ2v) is 6.70. The van der Waals surface area contributed by atoms with Crippen LogP contribution in [0.4, 0.5) is 5.95 Å². The highest BCUT2D eigenvalue weighted by Gasteiger charge is 2.13. The average molecular weight is 411 g/mol. The Morgan fingerprint density at radius 1 is 1.29 bits per heavy atom. The van der Waals surface area contributed by atoms with E-state index in [2.05, 4.69) is 50.9 Å². The molecule has 0 amide bonds. The largest absolute Gasteiger partial charge is 0.437 e. The summed E-state index contributed by atoms with van der Waals surface area (Å²) in [7, 11) is 1.81. The van der Waals surface area contributed by atoms with E-state index in [-0.39, 0.29) is 0 Å². The summed E-state index contributed by atoms with van der Waals surface area (Å²) in [4.78, 5) is 11.2. The lowest BCUT2D eigenvalue weighted by molar-refractivity contribution is 0.466. The lowest BCUT2D eigenvalue weighted by atomic mass is 10.3. The van der Waals surface area contributed by atoms with Crippen molar-refractivity contribution in [2.45, 2.75) is 13.3 Å². The van der Waals surface area contributed by atoms with Gasteiger partial charge in [-0.05, 0) is 47.2 Å². The lowest BCUT2D eigenvalue weighted by Gasteiger charge is -2.08. The number of thiophene rings is 1. The van der Waals surface area contributed by atoms with Crippen LogP contribution >= 0.6 is 33.9 Å². The van der Waals surface area contributed by atoms with Crippen LogP contribution in [0, 0.1) is 3.57 Å². The smallest absolute Gasteiger partial charge is 0.232 e. The zero-order valence-electron chi connectivity index (χ0n) is 11.7. The molecule has 2 aromatic heterocycles. The van der Waals surface area contributed by atoms with Crippen molar-refractivity contribution < 1.29 is 4.74 Å². The molecule has 0 saturated heterocycles. The summed E-state index contributed by atoms with van der Waals surface area (Å²) in [5.41, 5.74) is 0. The number of anilines is 1. The number of rotatable bonds is 4. The molecule has 0 spiro atoms.